The summed E-state index contributed by atoms with van der Waals surface area (Å²) in [4.78, 5) is 39.5. The van der Waals surface area contributed by atoms with Crippen LogP contribution in [0.5, 0.6) is 0 Å². The molecule has 1 amide bonds. The number of anilines is 1. The van der Waals surface area contributed by atoms with Crippen molar-refractivity contribution in [3.8, 4) is 5.69 Å². The zero-order chi connectivity index (χ0) is 18.5. The molecule has 9 heteroatoms. The molecule has 0 saturated carbocycles. The van der Waals surface area contributed by atoms with Gasteiger partial charge in [-0.05, 0) is 24.3 Å². The molecule has 0 bridgehead atoms. The van der Waals surface area contributed by atoms with E-state index in [-0.39, 0.29) is 22.1 Å². The molecule has 0 unspecified atom stereocenters. The first-order valence-electron chi connectivity index (χ1n) is 7.49. The number of amides is 1. The van der Waals surface area contributed by atoms with Gasteiger partial charge in [0.2, 0.25) is 0 Å². The van der Waals surface area contributed by atoms with Crippen LogP contribution in [0.15, 0.2) is 59.5 Å². The molecular formula is C17H13ClN4O4. The number of benzene rings is 1. The quantitative estimate of drug-likeness (QED) is 0.526. The van der Waals surface area contributed by atoms with Crippen LogP contribution in [0, 0.1) is 0 Å². The molecule has 2 aromatic heterocycles. The van der Waals surface area contributed by atoms with Gasteiger partial charge in [0.1, 0.15) is 11.0 Å². The van der Waals surface area contributed by atoms with Gasteiger partial charge >= 0.3 is 5.97 Å². The van der Waals surface area contributed by atoms with Gasteiger partial charge in [0, 0.05) is 12.3 Å². The Hall–Kier alpha value is -3.39. The highest BCUT2D eigenvalue weighted by Crippen LogP contribution is 2.09. The number of ether oxygens (including phenoxy) is 1. The predicted molar refractivity (Wildman–Crippen MR) is 94.5 cm³/mol. The van der Waals surface area contributed by atoms with Crippen LogP contribution in [0.1, 0.15) is 10.4 Å². The Morgan fingerprint density at radius 1 is 1.19 bits per heavy atom. The van der Waals surface area contributed by atoms with Crippen LogP contribution in [0.2, 0.25) is 5.15 Å². The molecule has 0 spiro atoms. The van der Waals surface area contributed by atoms with Crippen LogP contribution < -0.4 is 10.9 Å². The number of nitrogens with one attached hydrogen (secondary N) is 2. The molecule has 132 valence electrons. The minimum Gasteiger partial charge on any atom is -0.452 e. The normalized spacial score (nSPS) is 10.3. The highest BCUT2D eigenvalue weighted by molar-refractivity contribution is 6.29. The monoisotopic (exact) mass is 372 g/mol. The third kappa shape index (κ3) is 4.17. The summed E-state index contributed by atoms with van der Waals surface area (Å²) >= 11 is 5.69. The number of nitrogens with zero attached hydrogens (tertiary/aromatic N) is 2. The summed E-state index contributed by atoms with van der Waals surface area (Å²) < 4.78 is 6.18. The molecule has 1 aromatic carbocycles. The number of pyridine rings is 1. The SMILES string of the molecule is O=C(COC(=O)c1ccnc(Cl)c1)Nc1cc(=O)n(-c2ccccc2)[nH]1. The first kappa shape index (κ1) is 17.4. The number of aromatic amines is 1. The first-order valence-corrected chi connectivity index (χ1v) is 7.87. The number of rotatable bonds is 5. The lowest BCUT2D eigenvalue weighted by molar-refractivity contribution is -0.119. The summed E-state index contributed by atoms with van der Waals surface area (Å²) in [5, 5.41) is 5.36. The van der Waals surface area contributed by atoms with Crippen molar-refractivity contribution in [3.05, 3.63) is 75.8 Å². The van der Waals surface area contributed by atoms with Crippen molar-refractivity contribution in [2.24, 2.45) is 0 Å². The van der Waals surface area contributed by atoms with Gasteiger partial charge in [0.15, 0.2) is 6.61 Å². The van der Waals surface area contributed by atoms with Gasteiger partial charge in [0.25, 0.3) is 11.5 Å². The van der Waals surface area contributed by atoms with Crippen molar-refractivity contribution < 1.29 is 14.3 Å². The lowest BCUT2D eigenvalue weighted by Crippen LogP contribution is -2.21. The molecule has 0 atom stereocenters. The average Bonchev–Trinajstić information content (AvgIpc) is 3.00. The van der Waals surface area contributed by atoms with Crippen molar-refractivity contribution in [2.45, 2.75) is 0 Å². The topological polar surface area (TPSA) is 106 Å². The van der Waals surface area contributed by atoms with E-state index in [0.29, 0.717) is 5.69 Å². The third-order valence-corrected chi connectivity index (χ3v) is 3.51. The molecule has 0 aliphatic rings. The number of hydrogen-bond donors (Lipinski definition) is 2. The first-order chi connectivity index (χ1) is 12.5. The number of para-hydroxylation sites is 1. The van der Waals surface area contributed by atoms with E-state index in [0.717, 1.165) is 0 Å². The van der Waals surface area contributed by atoms with Gasteiger partial charge in [-0.3, -0.25) is 14.7 Å². The van der Waals surface area contributed by atoms with E-state index in [9.17, 15) is 14.4 Å². The van der Waals surface area contributed by atoms with Gasteiger partial charge in [-0.25, -0.2) is 14.5 Å². The van der Waals surface area contributed by atoms with Crippen molar-refractivity contribution >= 4 is 29.3 Å². The molecule has 0 radical (unpaired) electrons. The smallest absolute Gasteiger partial charge is 0.338 e. The Morgan fingerprint density at radius 3 is 2.69 bits per heavy atom. The summed E-state index contributed by atoms with van der Waals surface area (Å²) in [7, 11) is 0. The molecule has 0 fully saturated rings. The number of aromatic nitrogens is 3. The van der Waals surface area contributed by atoms with E-state index in [4.69, 9.17) is 16.3 Å². The van der Waals surface area contributed by atoms with Crippen molar-refractivity contribution in [1.29, 1.82) is 0 Å². The van der Waals surface area contributed by atoms with Crippen LogP contribution in [-0.2, 0) is 9.53 Å². The molecule has 8 nitrogen and oxygen atoms in total. The van der Waals surface area contributed by atoms with E-state index >= 15 is 0 Å². The molecule has 0 aliphatic heterocycles. The Bertz CT molecular complexity index is 997. The van der Waals surface area contributed by atoms with Crippen LogP contribution in [0.25, 0.3) is 5.69 Å². The Kier molecular flexibility index (Phi) is 5.14. The van der Waals surface area contributed by atoms with Crippen LogP contribution in [0.3, 0.4) is 0 Å². The molecular weight excluding hydrogens is 360 g/mol. The Morgan fingerprint density at radius 2 is 1.96 bits per heavy atom. The van der Waals surface area contributed by atoms with Gasteiger partial charge < -0.3 is 10.1 Å². The molecule has 3 aromatic rings. The number of carbonyl (C=O) groups excluding carboxylic acids is 2. The number of esters is 1. The van der Waals surface area contributed by atoms with Gasteiger partial charge in [-0.1, -0.05) is 29.8 Å². The largest absolute Gasteiger partial charge is 0.452 e. The van der Waals surface area contributed by atoms with Crippen molar-refractivity contribution in [2.75, 3.05) is 11.9 Å². The van der Waals surface area contributed by atoms with Crippen LogP contribution in [-0.4, -0.2) is 33.2 Å². The summed E-state index contributed by atoms with van der Waals surface area (Å²) in [5.74, 6) is -1.12. The van der Waals surface area contributed by atoms with Crippen LogP contribution >= 0.6 is 11.6 Å². The van der Waals surface area contributed by atoms with E-state index < -0.39 is 18.5 Å². The summed E-state index contributed by atoms with van der Waals surface area (Å²) in [5.41, 5.74) is 0.468. The maximum absolute atomic E-state index is 12.0. The molecule has 26 heavy (non-hydrogen) atoms. The third-order valence-electron chi connectivity index (χ3n) is 3.31. The predicted octanol–water partition coefficient (Wildman–Crippen LogP) is 2.01. The minimum atomic E-state index is -0.709. The van der Waals surface area contributed by atoms with Crippen LogP contribution in [0.4, 0.5) is 5.82 Å². The standard InChI is InChI=1S/C17H13ClN4O4/c18-13-8-11(6-7-19-13)17(25)26-10-15(23)20-14-9-16(24)22(21-14)12-4-2-1-3-5-12/h1-9,21H,10H2,(H,20,23). The molecule has 3 rings (SSSR count). The molecule has 2 N–H and O–H groups in total. The second kappa shape index (κ2) is 7.66. The fourth-order valence-corrected chi connectivity index (χ4v) is 2.33. The number of halogens is 1. The maximum Gasteiger partial charge on any atom is 0.338 e. The second-order valence-corrected chi connectivity index (χ2v) is 5.56. The van der Waals surface area contributed by atoms with Gasteiger partial charge in [0.05, 0.1) is 11.3 Å². The van der Waals surface area contributed by atoms with E-state index in [1.54, 1.807) is 24.3 Å². The highest BCUT2D eigenvalue weighted by atomic mass is 35.5. The average molecular weight is 373 g/mol. The van der Waals surface area contributed by atoms with Crippen molar-refractivity contribution in [1.82, 2.24) is 14.8 Å². The van der Waals surface area contributed by atoms with Crippen molar-refractivity contribution in [3.63, 3.8) is 0 Å². The molecule has 2 heterocycles. The minimum absolute atomic E-state index is 0.142. The fraction of sp³-hybridized carbons (Fsp3) is 0.0588. The molecule has 0 aliphatic carbocycles. The van der Waals surface area contributed by atoms with E-state index in [1.165, 1.54) is 29.1 Å². The second-order valence-electron chi connectivity index (χ2n) is 5.17. The number of H-pyrrole nitrogens is 1. The Labute approximate surface area is 152 Å². The fourth-order valence-electron chi connectivity index (χ4n) is 2.16. The van der Waals surface area contributed by atoms with E-state index in [2.05, 4.69) is 15.4 Å². The summed E-state index contributed by atoms with van der Waals surface area (Å²) in [6, 6.07) is 12.9. The maximum atomic E-state index is 12.0. The number of hydrogen-bond acceptors (Lipinski definition) is 5. The summed E-state index contributed by atoms with van der Waals surface area (Å²) in [6.45, 7) is -0.517. The highest BCUT2D eigenvalue weighted by Gasteiger charge is 2.12. The Balaban J connectivity index is 1.60. The lowest BCUT2D eigenvalue weighted by atomic mass is 10.3. The van der Waals surface area contributed by atoms with Gasteiger partial charge in [-0.2, -0.15) is 0 Å². The molecule has 0 saturated heterocycles. The number of carbonyl (C=O) groups is 2. The zero-order valence-corrected chi connectivity index (χ0v) is 14.1. The lowest BCUT2D eigenvalue weighted by Gasteiger charge is -2.05. The van der Waals surface area contributed by atoms with Gasteiger partial charge in [-0.15, -0.1) is 0 Å². The summed E-state index contributed by atoms with van der Waals surface area (Å²) in [6.07, 6.45) is 1.36. The van der Waals surface area contributed by atoms with E-state index in [1.807, 2.05) is 6.07 Å². The zero-order valence-electron chi connectivity index (χ0n) is 13.3.